The minimum atomic E-state index is -0.961. The van der Waals surface area contributed by atoms with Crippen molar-refractivity contribution in [2.45, 2.75) is 6.92 Å². The van der Waals surface area contributed by atoms with Gasteiger partial charge in [-0.3, -0.25) is 9.59 Å². The number of fused-ring (bicyclic) bond motifs is 1. The first kappa shape index (κ1) is 11.1. The fraction of sp³-hybridized carbons (Fsp3) is 0.182. The topological polar surface area (TPSA) is 89.7 Å². The Kier molecular flexibility index (Phi) is 2.55. The van der Waals surface area contributed by atoms with Crippen molar-refractivity contribution in [3.63, 3.8) is 0 Å². The molecule has 17 heavy (non-hydrogen) atoms. The van der Waals surface area contributed by atoms with Gasteiger partial charge in [0.2, 0.25) is 0 Å². The molecule has 0 fully saturated rings. The van der Waals surface area contributed by atoms with E-state index >= 15 is 0 Å². The number of imide groups is 3. The van der Waals surface area contributed by atoms with E-state index in [1.165, 1.54) is 18.2 Å². The van der Waals surface area contributed by atoms with Gasteiger partial charge in [0.05, 0.1) is 17.7 Å². The molecule has 0 unspecified atom stereocenters. The molecule has 6 heteroatoms. The molecule has 1 aromatic carbocycles. The van der Waals surface area contributed by atoms with Crippen molar-refractivity contribution in [3.05, 3.63) is 29.3 Å². The highest BCUT2D eigenvalue weighted by Gasteiger charge is 2.40. The predicted molar refractivity (Wildman–Crippen MR) is 58.4 cm³/mol. The third-order valence-electron chi connectivity index (χ3n) is 2.36. The van der Waals surface area contributed by atoms with Crippen molar-refractivity contribution >= 4 is 23.6 Å². The molecule has 0 atom stereocenters. The summed E-state index contributed by atoms with van der Waals surface area (Å²) in [6.07, 6.45) is -0.961. The first-order valence-corrected chi connectivity index (χ1v) is 5.01. The van der Waals surface area contributed by atoms with Gasteiger partial charge in [0, 0.05) is 5.69 Å². The summed E-state index contributed by atoms with van der Waals surface area (Å²) in [6.45, 7) is 1.68. The van der Waals surface area contributed by atoms with Crippen LogP contribution in [-0.2, 0) is 4.74 Å². The molecule has 0 spiro atoms. The van der Waals surface area contributed by atoms with Gasteiger partial charge in [-0.2, -0.15) is 4.90 Å². The van der Waals surface area contributed by atoms with Crippen LogP contribution in [0.2, 0.25) is 0 Å². The number of ether oxygens (including phenoxy) is 1. The second-order valence-electron chi connectivity index (χ2n) is 3.45. The van der Waals surface area contributed by atoms with Gasteiger partial charge >= 0.3 is 6.09 Å². The van der Waals surface area contributed by atoms with Gasteiger partial charge in [-0.05, 0) is 25.1 Å². The van der Waals surface area contributed by atoms with E-state index in [4.69, 9.17) is 5.73 Å². The van der Waals surface area contributed by atoms with E-state index in [9.17, 15) is 14.4 Å². The van der Waals surface area contributed by atoms with Crippen LogP contribution in [0.3, 0.4) is 0 Å². The molecular weight excluding hydrogens is 224 g/mol. The van der Waals surface area contributed by atoms with Crippen LogP contribution < -0.4 is 5.73 Å². The highest BCUT2D eigenvalue weighted by molar-refractivity contribution is 6.28. The lowest BCUT2D eigenvalue weighted by Gasteiger charge is -2.10. The molecule has 0 radical (unpaired) electrons. The Hall–Kier alpha value is -2.37. The molecule has 88 valence electrons. The fourth-order valence-corrected chi connectivity index (χ4v) is 1.61. The maximum atomic E-state index is 11.8. The zero-order valence-corrected chi connectivity index (χ0v) is 9.10. The van der Waals surface area contributed by atoms with E-state index < -0.39 is 17.9 Å². The first-order valence-electron chi connectivity index (χ1n) is 5.01. The lowest BCUT2D eigenvalue weighted by Crippen LogP contribution is -2.36. The Balaban J connectivity index is 2.42. The lowest BCUT2D eigenvalue weighted by molar-refractivity contribution is 0.0596. The summed E-state index contributed by atoms with van der Waals surface area (Å²) in [5.74, 6) is -1.38. The molecule has 6 nitrogen and oxygen atoms in total. The Labute approximate surface area is 96.9 Å². The summed E-state index contributed by atoms with van der Waals surface area (Å²) in [6, 6.07) is 4.29. The minimum absolute atomic E-state index is 0.0916. The third-order valence-corrected chi connectivity index (χ3v) is 2.36. The van der Waals surface area contributed by atoms with Crippen molar-refractivity contribution in [3.8, 4) is 0 Å². The Morgan fingerprint density at radius 2 is 1.94 bits per heavy atom. The molecule has 0 saturated carbocycles. The molecular formula is C11H10N2O4. The summed E-state index contributed by atoms with van der Waals surface area (Å²) in [4.78, 5) is 35.6. The van der Waals surface area contributed by atoms with Crippen molar-refractivity contribution < 1.29 is 19.1 Å². The van der Waals surface area contributed by atoms with Crippen molar-refractivity contribution in [1.82, 2.24) is 4.90 Å². The second kappa shape index (κ2) is 3.89. The molecule has 0 aliphatic carbocycles. The maximum absolute atomic E-state index is 11.8. The molecule has 1 heterocycles. The predicted octanol–water partition coefficient (Wildman–Crippen LogP) is 1.02. The van der Waals surface area contributed by atoms with Gasteiger partial charge in [0.1, 0.15) is 0 Å². The summed E-state index contributed by atoms with van der Waals surface area (Å²) in [5, 5.41) is 0. The van der Waals surface area contributed by atoms with Crippen LogP contribution in [0.4, 0.5) is 10.5 Å². The Bertz CT molecular complexity index is 524. The van der Waals surface area contributed by atoms with E-state index in [0.29, 0.717) is 10.6 Å². The van der Waals surface area contributed by atoms with E-state index in [1.54, 1.807) is 6.92 Å². The van der Waals surface area contributed by atoms with Crippen LogP contribution in [0.25, 0.3) is 0 Å². The van der Waals surface area contributed by atoms with Crippen LogP contribution in [-0.4, -0.2) is 29.4 Å². The van der Waals surface area contributed by atoms with Crippen molar-refractivity contribution in [1.29, 1.82) is 0 Å². The molecule has 1 aliphatic heterocycles. The molecule has 0 saturated heterocycles. The van der Waals surface area contributed by atoms with Crippen LogP contribution in [0.5, 0.6) is 0 Å². The average molecular weight is 234 g/mol. The molecule has 2 rings (SSSR count). The number of carbonyl (C=O) groups is 3. The number of rotatable bonds is 1. The zero-order chi connectivity index (χ0) is 12.6. The number of nitrogens with two attached hydrogens (primary N) is 1. The number of carbonyl (C=O) groups excluding carboxylic acids is 3. The van der Waals surface area contributed by atoms with Crippen LogP contribution in [0.1, 0.15) is 27.6 Å². The van der Waals surface area contributed by atoms with E-state index in [0.717, 1.165) is 0 Å². The summed E-state index contributed by atoms with van der Waals surface area (Å²) in [7, 11) is 0. The number of hydrogen-bond donors (Lipinski definition) is 1. The summed E-state index contributed by atoms with van der Waals surface area (Å²) in [5.41, 5.74) is 6.17. The Morgan fingerprint density at radius 1 is 1.29 bits per heavy atom. The van der Waals surface area contributed by atoms with E-state index in [-0.39, 0.29) is 17.7 Å². The molecule has 1 aliphatic rings. The number of benzene rings is 1. The maximum Gasteiger partial charge on any atom is 0.424 e. The SMILES string of the molecule is CCOC(=O)N1C(=O)c2ccc(N)cc2C1=O. The van der Waals surface area contributed by atoms with Gasteiger partial charge in [-0.1, -0.05) is 0 Å². The van der Waals surface area contributed by atoms with Gasteiger partial charge in [-0.25, -0.2) is 4.79 Å². The largest absolute Gasteiger partial charge is 0.449 e. The van der Waals surface area contributed by atoms with Crippen LogP contribution in [0, 0.1) is 0 Å². The average Bonchev–Trinajstić information content (AvgIpc) is 2.52. The molecule has 0 aromatic heterocycles. The van der Waals surface area contributed by atoms with Gasteiger partial charge in [0.25, 0.3) is 11.8 Å². The number of nitrogen functional groups attached to an aromatic ring is 1. The van der Waals surface area contributed by atoms with Crippen LogP contribution >= 0.6 is 0 Å². The first-order chi connectivity index (χ1) is 8.06. The third kappa shape index (κ3) is 1.63. The molecule has 3 amide bonds. The monoisotopic (exact) mass is 234 g/mol. The van der Waals surface area contributed by atoms with Crippen LogP contribution in [0.15, 0.2) is 18.2 Å². The fourth-order valence-electron chi connectivity index (χ4n) is 1.61. The minimum Gasteiger partial charge on any atom is -0.449 e. The van der Waals surface area contributed by atoms with Crippen molar-refractivity contribution in [2.75, 3.05) is 12.3 Å². The zero-order valence-electron chi connectivity index (χ0n) is 9.10. The summed E-state index contributed by atoms with van der Waals surface area (Å²) >= 11 is 0. The highest BCUT2D eigenvalue weighted by Crippen LogP contribution is 2.25. The smallest absolute Gasteiger partial charge is 0.424 e. The standard InChI is InChI=1S/C11H10N2O4/c1-2-17-11(16)13-9(14)7-4-3-6(12)5-8(7)10(13)15/h3-5H,2,12H2,1H3. The Morgan fingerprint density at radius 3 is 2.59 bits per heavy atom. The normalized spacial score (nSPS) is 13.8. The van der Waals surface area contributed by atoms with E-state index in [1.807, 2.05) is 0 Å². The summed E-state index contributed by atoms with van der Waals surface area (Å²) < 4.78 is 4.64. The molecule has 0 bridgehead atoms. The number of nitrogens with zero attached hydrogens (tertiary/aromatic N) is 1. The number of amides is 3. The van der Waals surface area contributed by atoms with E-state index in [2.05, 4.69) is 4.74 Å². The number of hydrogen-bond acceptors (Lipinski definition) is 5. The molecule has 1 aromatic rings. The highest BCUT2D eigenvalue weighted by atomic mass is 16.6. The van der Waals surface area contributed by atoms with Gasteiger partial charge < -0.3 is 10.5 Å². The quantitative estimate of drug-likeness (QED) is 0.578. The van der Waals surface area contributed by atoms with Gasteiger partial charge in [-0.15, -0.1) is 0 Å². The van der Waals surface area contributed by atoms with Crippen molar-refractivity contribution in [2.24, 2.45) is 0 Å². The second-order valence-corrected chi connectivity index (χ2v) is 3.45. The lowest BCUT2D eigenvalue weighted by atomic mass is 10.1. The molecule has 2 N–H and O–H groups in total. The number of anilines is 1. The van der Waals surface area contributed by atoms with Gasteiger partial charge in [0.15, 0.2) is 0 Å².